The Bertz CT molecular complexity index is 1160. The lowest BCUT2D eigenvalue weighted by Crippen LogP contribution is -2.24. The summed E-state index contributed by atoms with van der Waals surface area (Å²) in [7, 11) is 0. The number of pyridine rings is 1. The second-order valence-electron chi connectivity index (χ2n) is 6.06. The van der Waals surface area contributed by atoms with E-state index >= 15 is 0 Å². The first kappa shape index (κ1) is 16.1. The van der Waals surface area contributed by atoms with E-state index in [0.717, 1.165) is 16.6 Å². The first-order valence-electron chi connectivity index (χ1n) is 8.50. The molecule has 4 rings (SSSR count). The first-order chi connectivity index (χ1) is 12.7. The number of carbonyl (C=O) groups excluding carboxylic acids is 1. The van der Waals surface area contributed by atoms with Crippen LogP contribution in [0.15, 0.2) is 65.8 Å². The average molecular weight is 346 g/mol. The molecule has 6 heteroatoms. The van der Waals surface area contributed by atoms with Gasteiger partial charge in [0.2, 0.25) is 0 Å². The highest BCUT2D eigenvalue weighted by Gasteiger charge is 2.12. The number of amides is 1. The molecule has 1 N–H and O–H groups in total. The van der Waals surface area contributed by atoms with Crippen LogP contribution in [0.2, 0.25) is 0 Å². The summed E-state index contributed by atoms with van der Waals surface area (Å²) in [5.74, 6) is -0.182. The fraction of sp³-hybridized carbons (Fsp3) is 0.150. The number of nitrogens with zero attached hydrogens (tertiary/aromatic N) is 3. The predicted molar refractivity (Wildman–Crippen MR) is 100 cm³/mol. The topological polar surface area (TPSA) is 68.4 Å². The molecule has 0 fully saturated rings. The largest absolute Gasteiger partial charge is 0.348 e. The van der Waals surface area contributed by atoms with E-state index in [1.54, 1.807) is 29.1 Å². The van der Waals surface area contributed by atoms with Gasteiger partial charge in [0.1, 0.15) is 5.52 Å². The summed E-state index contributed by atoms with van der Waals surface area (Å²) < 4.78 is 3.56. The maximum absolute atomic E-state index is 12.7. The molecule has 1 amide bonds. The average Bonchev–Trinajstić information content (AvgIpc) is 3.17. The Hall–Kier alpha value is -3.41. The Morgan fingerprint density at radius 1 is 1.12 bits per heavy atom. The van der Waals surface area contributed by atoms with Crippen LogP contribution in [-0.4, -0.2) is 19.9 Å². The summed E-state index contributed by atoms with van der Waals surface area (Å²) in [6.45, 7) is 2.87. The molecule has 0 spiro atoms. The van der Waals surface area contributed by atoms with E-state index in [1.165, 1.54) is 0 Å². The van der Waals surface area contributed by atoms with Gasteiger partial charge in [-0.2, -0.15) is 0 Å². The van der Waals surface area contributed by atoms with Gasteiger partial charge in [-0.05, 0) is 48.9 Å². The van der Waals surface area contributed by atoms with Gasteiger partial charge < -0.3 is 14.3 Å². The van der Waals surface area contributed by atoms with Gasteiger partial charge in [0.25, 0.3) is 11.5 Å². The van der Waals surface area contributed by atoms with Gasteiger partial charge in [-0.3, -0.25) is 14.6 Å². The van der Waals surface area contributed by atoms with Crippen molar-refractivity contribution in [1.82, 2.24) is 19.3 Å². The molecule has 130 valence electrons. The number of benzene rings is 1. The highest BCUT2D eigenvalue weighted by Crippen LogP contribution is 2.17. The summed E-state index contributed by atoms with van der Waals surface area (Å²) in [5, 5.41) is 2.89. The second kappa shape index (κ2) is 6.48. The third kappa shape index (κ3) is 2.65. The molecule has 26 heavy (non-hydrogen) atoms. The molecular weight excluding hydrogens is 328 g/mol. The number of hydrogen-bond donors (Lipinski definition) is 1. The van der Waals surface area contributed by atoms with Gasteiger partial charge in [-0.15, -0.1) is 0 Å². The molecule has 0 atom stereocenters. The summed E-state index contributed by atoms with van der Waals surface area (Å²) in [4.78, 5) is 29.2. The van der Waals surface area contributed by atoms with Crippen molar-refractivity contribution < 1.29 is 4.79 Å². The zero-order valence-corrected chi connectivity index (χ0v) is 14.3. The van der Waals surface area contributed by atoms with E-state index in [2.05, 4.69) is 10.3 Å². The zero-order valence-electron chi connectivity index (χ0n) is 14.3. The van der Waals surface area contributed by atoms with Crippen LogP contribution in [0, 0.1) is 0 Å². The first-order valence-corrected chi connectivity index (χ1v) is 8.50. The number of hydrogen-bond acceptors (Lipinski definition) is 3. The van der Waals surface area contributed by atoms with Crippen molar-refractivity contribution in [2.45, 2.75) is 20.0 Å². The van der Waals surface area contributed by atoms with Crippen molar-refractivity contribution in [2.24, 2.45) is 0 Å². The minimum atomic E-state index is -0.182. The van der Waals surface area contributed by atoms with Crippen LogP contribution in [0.1, 0.15) is 22.8 Å². The van der Waals surface area contributed by atoms with Crippen LogP contribution in [0.3, 0.4) is 0 Å². The molecule has 0 saturated heterocycles. The van der Waals surface area contributed by atoms with Crippen LogP contribution >= 0.6 is 0 Å². The van der Waals surface area contributed by atoms with Crippen molar-refractivity contribution >= 4 is 22.5 Å². The fourth-order valence-corrected chi connectivity index (χ4v) is 3.20. The predicted octanol–water partition coefficient (Wildman–Crippen LogP) is 2.60. The molecule has 1 aromatic carbocycles. The van der Waals surface area contributed by atoms with E-state index in [9.17, 15) is 9.59 Å². The standard InChI is InChI=1S/C20H18N4O2/c1-2-23-18-11-15(19(25)22-13-14-5-3-9-21-12-14)7-8-16(18)24-10-4-6-17(24)20(23)26/h3-12H,2,13H2,1H3,(H,22,25). The van der Waals surface area contributed by atoms with Crippen molar-refractivity contribution in [2.75, 3.05) is 0 Å². The Morgan fingerprint density at radius 2 is 2.00 bits per heavy atom. The summed E-state index contributed by atoms with van der Waals surface area (Å²) in [6, 6.07) is 12.8. The van der Waals surface area contributed by atoms with Gasteiger partial charge in [0.15, 0.2) is 0 Å². The molecule has 4 aromatic rings. The number of rotatable bonds is 4. The zero-order chi connectivity index (χ0) is 18.1. The molecule has 0 aliphatic carbocycles. The third-order valence-corrected chi connectivity index (χ3v) is 4.49. The Balaban J connectivity index is 1.74. The highest BCUT2D eigenvalue weighted by atomic mass is 16.1. The second-order valence-corrected chi connectivity index (χ2v) is 6.06. The Morgan fingerprint density at radius 3 is 2.77 bits per heavy atom. The van der Waals surface area contributed by atoms with E-state index < -0.39 is 0 Å². The van der Waals surface area contributed by atoms with Crippen LogP contribution < -0.4 is 10.9 Å². The Kier molecular flexibility index (Phi) is 4.01. The molecule has 0 aliphatic heterocycles. The molecule has 3 heterocycles. The summed E-state index contributed by atoms with van der Waals surface area (Å²) >= 11 is 0. The molecule has 3 aromatic heterocycles. The third-order valence-electron chi connectivity index (χ3n) is 4.49. The van der Waals surface area contributed by atoms with Crippen LogP contribution in [0.5, 0.6) is 0 Å². The normalized spacial score (nSPS) is 11.1. The molecule has 0 unspecified atom stereocenters. The number of aromatic nitrogens is 3. The van der Waals surface area contributed by atoms with Crippen molar-refractivity contribution in [3.05, 3.63) is 82.5 Å². The van der Waals surface area contributed by atoms with Crippen LogP contribution in [0.25, 0.3) is 16.6 Å². The lowest BCUT2D eigenvalue weighted by atomic mass is 10.1. The summed E-state index contributed by atoms with van der Waals surface area (Å²) in [6.07, 6.45) is 5.28. The maximum Gasteiger partial charge on any atom is 0.275 e. The van der Waals surface area contributed by atoms with E-state index in [-0.39, 0.29) is 11.5 Å². The van der Waals surface area contributed by atoms with E-state index in [4.69, 9.17) is 0 Å². The molecule has 0 aliphatic rings. The lowest BCUT2D eigenvalue weighted by Gasteiger charge is -2.12. The van der Waals surface area contributed by atoms with Crippen molar-refractivity contribution in [1.29, 1.82) is 0 Å². The molecular formula is C20H18N4O2. The molecule has 0 bridgehead atoms. The minimum Gasteiger partial charge on any atom is -0.348 e. The maximum atomic E-state index is 12.7. The van der Waals surface area contributed by atoms with Gasteiger partial charge in [0, 0.05) is 37.2 Å². The van der Waals surface area contributed by atoms with Gasteiger partial charge in [-0.25, -0.2) is 0 Å². The van der Waals surface area contributed by atoms with E-state index in [1.807, 2.05) is 47.9 Å². The van der Waals surface area contributed by atoms with Crippen molar-refractivity contribution in [3.8, 4) is 0 Å². The van der Waals surface area contributed by atoms with Gasteiger partial charge in [0.05, 0.1) is 11.0 Å². The number of fused-ring (bicyclic) bond motifs is 3. The van der Waals surface area contributed by atoms with E-state index in [0.29, 0.717) is 24.2 Å². The molecule has 6 nitrogen and oxygen atoms in total. The monoisotopic (exact) mass is 346 g/mol. The molecule has 0 radical (unpaired) electrons. The summed E-state index contributed by atoms with van der Waals surface area (Å²) in [5.41, 5.74) is 3.67. The lowest BCUT2D eigenvalue weighted by molar-refractivity contribution is 0.0951. The Labute approximate surface area is 149 Å². The highest BCUT2D eigenvalue weighted by molar-refractivity contribution is 5.97. The fourth-order valence-electron chi connectivity index (χ4n) is 3.20. The quantitative estimate of drug-likeness (QED) is 0.618. The minimum absolute atomic E-state index is 0.0575. The van der Waals surface area contributed by atoms with Gasteiger partial charge in [-0.1, -0.05) is 6.07 Å². The number of carbonyl (C=O) groups is 1. The van der Waals surface area contributed by atoms with Crippen molar-refractivity contribution in [3.63, 3.8) is 0 Å². The number of nitrogens with one attached hydrogen (secondary N) is 1. The number of aryl methyl sites for hydroxylation is 1. The molecule has 0 saturated carbocycles. The smallest absolute Gasteiger partial charge is 0.275 e. The SMILES string of the molecule is CCn1c(=O)c2cccn2c2ccc(C(=O)NCc3cccnc3)cc21. The van der Waals surface area contributed by atoms with Crippen LogP contribution in [-0.2, 0) is 13.1 Å². The van der Waals surface area contributed by atoms with Crippen LogP contribution in [0.4, 0.5) is 0 Å². The van der Waals surface area contributed by atoms with Gasteiger partial charge >= 0.3 is 0 Å².